The number of hydrogen-bond donors (Lipinski definition) is 2. The van der Waals surface area contributed by atoms with Crippen molar-refractivity contribution in [2.24, 2.45) is 0 Å². The third-order valence-corrected chi connectivity index (χ3v) is 18.3. The Kier molecular flexibility index (Phi) is 28.0. The van der Waals surface area contributed by atoms with Crippen LogP contribution < -0.4 is 25.3 Å². The van der Waals surface area contributed by atoms with Crippen molar-refractivity contribution in [2.75, 3.05) is 93.1 Å². The van der Waals surface area contributed by atoms with Crippen molar-refractivity contribution in [1.82, 2.24) is 29.5 Å². The zero-order chi connectivity index (χ0) is 70.5. The molecule has 30 heteroatoms. The van der Waals surface area contributed by atoms with Crippen LogP contribution in [0.3, 0.4) is 0 Å². The summed E-state index contributed by atoms with van der Waals surface area (Å²) < 4.78 is 118. The summed E-state index contributed by atoms with van der Waals surface area (Å²) in [5.41, 5.74) is 6.99. The molecule has 2 unspecified atom stereocenters. The minimum absolute atomic E-state index is 0.0223. The standard InChI is InChI=1S/C68H88N7O22P/c1-42(2)75(43(3)4)98(81,91-37-35-87-33-31-85-30-32-86-34-36-88-67-56(73-44(5)76)60(93-47(8)79)59(92-46(7)78)55(94-67)39-89-45(6)77)97-62-61(95-66(63(62)84-11)74-41-72-57-64(69)70-40-71-65(57)74)58(54(80)38-90-53-20-16-13-17-21-53)96-68(48-18-14-12-15-19-48,49-22-26-51(82-9)27-23-49)50-24-28-52(83-10)29-25-50/h12-29,40-43,55-56,58-63,66-67H,30-39H2,1-11H3,(H,73,76)(H2,69,70,71)/t55-,56-,58?,59+,60-,61-,62-,63-,66-,67-,98?/m1/s1. The van der Waals surface area contributed by atoms with Gasteiger partial charge in [0.1, 0.15) is 78.4 Å². The average molecular weight is 1390 g/mol. The van der Waals surface area contributed by atoms with Gasteiger partial charge in [-0.25, -0.2) is 24.2 Å². The van der Waals surface area contributed by atoms with Crippen LogP contribution in [0.1, 0.15) is 78.3 Å². The Balaban J connectivity index is 1.02. The van der Waals surface area contributed by atoms with Gasteiger partial charge in [0.15, 0.2) is 42.3 Å². The smallest absolute Gasteiger partial charge is 0.409 e. The van der Waals surface area contributed by atoms with Gasteiger partial charge in [0, 0.05) is 46.9 Å². The molecule has 29 nitrogen and oxygen atoms in total. The normalized spacial score (nSPS) is 21.1. The SMILES string of the molecule is COc1ccc(C(OC(C(=O)COc2ccccc2)[C@H]2O[C@@H](n3cnc4c(N)ncnc43)[C@H](OC)[C@@H]2OP(=O)(OCCOCCOCCOCCO[C@@H]2O[C@H](COC(C)=O)[C@H](OC(C)=O)[C@H](OC(C)=O)[C@H]2NC(C)=O)N(C(C)C)C(C)C)(c2ccccc2)c2ccc(OC)cc2)cc1. The Bertz CT molecular complexity index is 3520. The van der Waals surface area contributed by atoms with E-state index in [1.807, 2.05) is 88.4 Å². The number of fused-ring (bicyclic) bond motifs is 1. The second-order valence-corrected chi connectivity index (χ2v) is 25.1. The fourth-order valence-electron chi connectivity index (χ4n) is 11.7. The van der Waals surface area contributed by atoms with Gasteiger partial charge in [-0.15, -0.1) is 0 Å². The molecule has 1 amide bonds. The number of para-hydroxylation sites is 1. The molecule has 2 fully saturated rings. The summed E-state index contributed by atoms with van der Waals surface area (Å²) in [6.45, 7) is 11.3. The number of benzene rings is 4. The summed E-state index contributed by atoms with van der Waals surface area (Å²) in [5.74, 6) is -1.63. The number of amides is 1. The van der Waals surface area contributed by atoms with E-state index in [-0.39, 0.29) is 76.4 Å². The van der Waals surface area contributed by atoms with Gasteiger partial charge in [-0.05, 0) is 80.8 Å². The number of rotatable bonds is 38. The van der Waals surface area contributed by atoms with E-state index in [1.165, 1.54) is 33.6 Å². The Labute approximate surface area is 568 Å². The highest BCUT2D eigenvalue weighted by molar-refractivity contribution is 7.51. The van der Waals surface area contributed by atoms with Gasteiger partial charge < -0.3 is 77.4 Å². The molecule has 6 aromatic rings. The monoisotopic (exact) mass is 1390 g/mol. The number of ether oxygens (including phenoxy) is 14. The molecule has 98 heavy (non-hydrogen) atoms. The molecule has 0 aliphatic carbocycles. The molecule has 2 aromatic heterocycles. The van der Waals surface area contributed by atoms with E-state index in [2.05, 4.69) is 20.3 Å². The molecule has 8 rings (SSSR count). The number of aromatic nitrogens is 4. The number of ketones is 1. The Morgan fingerprint density at radius 3 is 1.73 bits per heavy atom. The molecule has 11 atom stereocenters. The number of anilines is 1. The number of Topliss-reactive ketones (excluding diaryl/α,β-unsaturated/α-hetero) is 1. The van der Waals surface area contributed by atoms with E-state index in [4.69, 9.17) is 81.1 Å². The van der Waals surface area contributed by atoms with Crippen molar-refractivity contribution < 1.29 is 104 Å². The van der Waals surface area contributed by atoms with Gasteiger partial charge >= 0.3 is 25.7 Å². The summed E-state index contributed by atoms with van der Waals surface area (Å²) in [6, 6.07) is 30.7. The zero-order valence-corrected chi connectivity index (χ0v) is 57.7. The predicted molar refractivity (Wildman–Crippen MR) is 352 cm³/mol. The Morgan fingerprint density at radius 2 is 1.19 bits per heavy atom. The molecule has 0 spiro atoms. The predicted octanol–water partition coefficient (Wildman–Crippen LogP) is 6.71. The number of carbonyl (C=O) groups is 5. The van der Waals surface area contributed by atoms with Crippen molar-refractivity contribution in [3.8, 4) is 17.2 Å². The highest BCUT2D eigenvalue weighted by atomic mass is 31.2. The summed E-state index contributed by atoms with van der Waals surface area (Å²) in [7, 11) is -0.0214. The Morgan fingerprint density at radius 1 is 0.643 bits per heavy atom. The molecule has 532 valence electrons. The molecular weight excluding hydrogens is 1300 g/mol. The second kappa shape index (κ2) is 36.2. The third kappa shape index (κ3) is 19.2. The van der Waals surface area contributed by atoms with E-state index in [9.17, 15) is 19.2 Å². The largest absolute Gasteiger partial charge is 0.497 e. The summed E-state index contributed by atoms with van der Waals surface area (Å²) in [5, 5.41) is 2.65. The fraction of sp³-hybridized carbons (Fsp3) is 0.500. The maximum Gasteiger partial charge on any atom is 0.409 e. The lowest BCUT2D eigenvalue weighted by atomic mass is 9.79. The minimum Gasteiger partial charge on any atom is -0.497 e. The molecule has 4 heterocycles. The lowest BCUT2D eigenvalue weighted by Gasteiger charge is -2.44. The van der Waals surface area contributed by atoms with Gasteiger partial charge in [0.05, 0.1) is 73.4 Å². The van der Waals surface area contributed by atoms with Crippen LogP contribution in [0, 0.1) is 0 Å². The lowest BCUT2D eigenvalue weighted by Crippen LogP contribution is -2.66. The fourth-order valence-corrected chi connectivity index (χ4v) is 14.0. The molecular formula is C68H88N7O22P. The van der Waals surface area contributed by atoms with Crippen LogP contribution in [0.15, 0.2) is 122 Å². The summed E-state index contributed by atoms with van der Waals surface area (Å²) in [4.78, 5) is 77.6. The van der Waals surface area contributed by atoms with Crippen LogP contribution in [0.5, 0.6) is 17.2 Å². The van der Waals surface area contributed by atoms with Crippen molar-refractivity contribution in [2.45, 2.75) is 134 Å². The van der Waals surface area contributed by atoms with E-state index in [0.717, 1.165) is 13.8 Å². The Hall–Kier alpha value is -8.03. The topological polar surface area (TPSA) is 335 Å². The van der Waals surface area contributed by atoms with Crippen LogP contribution in [-0.4, -0.2) is 208 Å². The number of nitrogens with two attached hydrogens (primary N) is 1. The minimum atomic E-state index is -4.58. The molecule has 2 aliphatic rings. The molecule has 3 N–H and O–H groups in total. The molecule has 4 aromatic carbocycles. The second-order valence-electron chi connectivity index (χ2n) is 23.3. The maximum absolute atomic E-state index is 16.3. The van der Waals surface area contributed by atoms with E-state index in [0.29, 0.717) is 33.9 Å². The summed E-state index contributed by atoms with van der Waals surface area (Å²) >= 11 is 0. The first-order valence-corrected chi connectivity index (χ1v) is 33.4. The molecule has 2 aliphatic heterocycles. The first-order valence-electron chi connectivity index (χ1n) is 31.9. The van der Waals surface area contributed by atoms with E-state index in [1.54, 1.807) is 72.0 Å². The van der Waals surface area contributed by atoms with Crippen molar-refractivity contribution >= 4 is 54.3 Å². The van der Waals surface area contributed by atoms with E-state index < -0.39 is 123 Å². The van der Waals surface area contributed by atoms with Crippen LogP contribution in [0.4, 0.5) is 5.82 Å². The first-order chi connectivity index (χ1) is 47.1. The van der Waals surface area contributed by atoms with Gasteiger partial charge in [-0.1, -0.05) is 72.8 Å². The van der Waals surface area contributed by atoms with E-state index >= 15 is 9.36 Å². The van der Waals surface area contributed by atoms with Crippen LogP contribution in [0.25, 0.3) is 11.2 Å². The van der Waals surface area contributed by atoms with Crippen LogP contribution in [0.2, 0.25) is 0 Å². The van der Waals surface area contributed by atoms with Gasteiger partial charge in [0.25, 0.3) is 0 Å². The number of esters is 3. The number of nitrogens with one attached hydrogen (secondary N) is 1. The lowest BCUT2D eigenvalue weighted by molar-refractivity contribution is -0.279. The zero-order valence-electron chi connectivity index (χ0n) is 56.8. The molecule has 0 bridgehead atoms. The van der Waals surface area contributed by atoms with Gasteiger partial charge in [-0.3, -0.25) is 37.6 Å². The molecule has 0 radical (unpaired) electrons. The van der Waals surface area contributed by atoms with Crippen LogP contribution in [-0.2, 0) is 95.3 Å². The quantitative estimate of drug-likeness (QED) is 0.0134. The number of nitrogens with zero attached hydrogens (tertiary/aromatic N) is 5. The molecule has 0 saturated carbocycles. The number of hydrogen-bond acceptors (Lipinski definition) is 26. The van der Waals surface area contributed by atoms with Crippen LogP contribution >= 0.6 is 7.75 Å². The van der Waals surface area contributed by atoms with Crippen molar-refractivity contribution in [3.05, 3.63) is 139 Å². The number of nitrogen functional groups attached to an aromatic ring is 1. The number of methoxy groups -OCH3 is 3. The molecule has 2 saturated heterocycles. The van der Waals surface area contributed by atoms with Gasteiger partial charge in [-0.2, -0.15) is 0 Å². The number of carbonyl (C=O) groups excluding carboxylic acids is 5. The summed E-state index contributed by atoms with van der Waals surface area (Å²) in [6.07, 6.45) is -9.32. The third-order valence-electron chi connectivity index (χ3n) is 15.8. The number of imidazole rings is 1. The van der Waals surface area contributed by atoms with Gasteiger partial charge in [0.2, 0.25) is 11.7 Å². The average Bonchev–Trinajstić information content (AvgIpc) is 1.29. The first kappa shape index (κ1) is 75.7. The van der Waals surface area contributed by atoms with Crippen molar-refractivity contribution in [1.29, 1.82) is 0 Å². The maximum atomic E-state index is 16.3. The van der Waals surface area contributed by atoms with Crippen molar-refractivity contribution in [3.63, 3.8) is 0 Å². The highest BCUT2D eigenvalue weighted by Crippen LogP contribution is 2.58. The highest BCUT2D eigenvalue weighted by Gasteiger charge is 2.58.